The SMILES string of the molecule is O=CCC[C@@H](Cc1ccc2c(c1)oc1ccccc12)C(=O)O.O=C[C@H](CCc1cccc2ccccc12)N[C@@H](Cc1ccc(-c2ccccc2)cc1)c1nn[nH]n1.O=P(O)(O)C(Cc1ccc2c(c1)OCO2)N[C@@H](Cc1ccc(-c2ccccc2)cc1)C1=NN=NC1.O=P(O)(O)C(Cc1ccccc1)N[C@@H](Cc1ccc(-c2ccccc2)cc1)C1=NN=NC1.O=P(O)(O)CN[C@@H](Cc1ccc(-c2ccccc2)cc1)C1=NN=NC1. The number of nitrogens with one attached hydrogen (secondary N) is 5. The Bertz CT molecular complexity index is 7480. The molecule has 0 saturated carbocycles. The minimum atomic E-state index is -4.51. The zero-order valence-electron chi connectivity index (χ0n) is 81.1. The number of fused-ring (bicyclic) bond motifs is 5. The zero-order chi connectivity index (χ0) is 104. The summed E-state index contributed by atoms with van der Waals surface area (Å²) in [6, 6.07) is 115. The van der Waals surface area contributed by atoms with E-state index in [1.165, 1.54) is 27.5 Å². The van der Waals surface area contributed by atoms with Crippen molar-refractivity contribution in [3.63, 3.8) is 0 Å². The van der Waals surface area contributed by atoms with Gasteiger partial charge in [-0.25, -0.2) is 0 Å². The van der Waals surface area contributed by atoms with Crippen molar-refractivity contribution in [1.82, 2.24) is 41.9 Å². The van der Waals surface area contributed by atoms with E-state index in [1.807, 2.05) is 212 Å². The lowest BCUT2D eigenvalue weighted by Gasteiger charge is -2.26. The number of aromatic nitrogens is 4. The van der Waals surface area contributed by atoms with Crippen LogP contribution in [0.15, 0.2) is 403 Å². The smallest absolute Gasteiger partial charge is 0.342 e. The number of furan rings is 1. The van der Waals surface area contributed by atoms with Crippen molar-refractivity contribution < 1.29 is 76.4 Å². The normalized spacial score (nSPS) is 14.6. The average Bonchev–Trinajstić information content (AvgIpc) is 1.63. The molecule has 36 heteroatoms. The van der Waals surface area contributed by atoms with Gasteiger partial charge < -0.3 is 57.9 Å². The van der Waals surface area contributed by atoms with Crippen LogP contribution in [-0.4, -0.2) is 159 Å². The second kappa shape index (κ2) is 52.4. The maximum absolute atomic E-state index is 12.5. The first-order chi connectivity index (χ1) is 72.4. The number of aryl methyl sites for hydroxylation is 1. The van der Waals surface area contributed by atoms with Gasteiger partial charge >= 0.3 is 28.8 Å². The quantitative estimate of drug-likeness (QED) is 0.0125. The molecule has 4 aliphatic heterocycles. The molecule has 149 heavy (non-hydrogen) atoms. The van der Waals surface area contributed by atoms with Crippen LogP contribution in [0.4, 0.5) is 0 Å². The lowest BCUT2D eigenvalue weighted by Crippen LogP contribution is -2.46. The Morgan fingerprint density at radius 2 is 0.799 bits per heavy atom. The van der Waals surface area contributed by atoms with E-state index in [0.29, 0.717) is 92.5 Å². The number of carboxylic acid groups (broad SMARTS) is 1. The number of hydrogen-bond donors (Lipinski definition) is 12. The number of aromatic amines is 1. The molecule has 16 aromatic rings. The molecule has 0 aliphatic carbocycles. The van der Waals surface area contributed by atoms with Gasteiger partial charge in [-0.3, -0.25) is 39.8 Å². The summed E-state index contributed by atoms with van der Waals surface area (Å²) in [6.07, 6.45) is 6.35. The highest BCUT2D eigenvalue weighted by Crippen LogP contribution is 2.45. The summed E-state index contributed by atoms with van der Waals surface area (Å²) in [5.41, 5.74) is 20.6. The number of carbonyl (C=O) groups excluding carboxylic acids is 2. The van der Waals surface area contributed by atoms with E-state index in [-0.39, 0.29) is 50.7 Å². The second-order valence-corrected chi connectivity index (χ2v) is 41.4. The summed E-state index contributed by atoms with van der Waals surface area (Å²) in [5.74, 6) is -1.84. The van der Waals surface area contributed by atoms with Crippen molar-refractivity contribution in [2.24, 2.45) is 52.2 Å². The van der Waals surface area contributed by atoms with Crippen molar-refractivity contribution in [3.8, 4) is 56.0 Å². The number of rotatable bonds is 41. The van der Waals surface area contributed by atoms with Gasteiger partial charge in [-0.2, -0.15) is 20.6 Å². The molecule has 12 N–H and O–H groups in total. The van der Waals surface area contributed by atoms with E-state index < -0.39 is 64.6 Å². The lowest BCUT2D eigenvalue weighted by atomic mass is 9.94. The van der Waals surface area contributed by atoms with Gasteiger partial charge in [-0.1, -0.05) is 333 Å². The van der Waals surface area contributed by atoms with Gasteiger partial charge in [0.1, 0.15) is 54.9 Å². The van der Waals surface area contributed by atoms with Crippen LogP contribution >= 0.6 is 22.8 Å². The Morgan fingerprint density at radius 1 is 0.389 bits per heavy atom. The molecule has 760 valence electrons. The number of hydrogen-bond acceptors (Lipinski definition) is 25. The Kier molecular flexibility index (Phi) is 37.4. The van der Waals surface area contributed by atoms with Crippen LogP contribution in [0, 0.1) is 5.92 Å². The summed E-state index contributed by atoms with van der Waals surface area (Å²) in [6.45, 7) is 1.09. The average molecular weight is 2060 g/mol. The molecule has 0 saturated heterocycles. The monoisotopic (exact) mass is 2060 g/mol. The lowest BCUT2D eigenvalue weighted by molar-refractivity contribution is -0.142. The van der Waals surface area contributed by atoms with Gasteiger partial charge in [0, 0.05) is 17.2 Å². The Labute approximate surface area is 859 Å². The molecule has 20 rings (SSSR count). The molecule has 33 nitrogen and oxygen atoms in total. The minimum absolute atomic E-state index is 0.103. The van der Waals surface area contributed by atoms with E-state index in [9.17, 15) is 52.8 Å². The number of ether oxygens (including phenoxy) is 2. The Morgan fingerprint density at radius 3 is 1.26 bits per heavy atom. The first kappa shape index (κ1) is 106. The molecule has 0 bridgehead atoms. The molecule has 6 heterocycles. The number of carbonyl (C=O) groups is 3. The summed E-state index contributed by atoms with van der Waals surface area (Å²) < 4.78 is 52.5. The van der Waals surface area contributed by atoms with Crippen LogP contribution in [0.3, 0.4) is 0 Å². The Balaban J connectivity index is 0.000000134. The number of carboxylic acids is 1. The van der Waals surface area contributed by atoms with Crippen LogP contribution in [-0.2, 0) is 79.4 Å². The van der Waals surface area contributed by atoms with Crippen molar-refractivity contribution in [3.05, 3.63) is 402 Å². The first-order valence-electron chi connectivity index (χ1n) is 48.6. The predicted octanol–water partition coefficient (Wildman–Crippen LogP) is 20.3. The molecule has 0 amide bonds. The van der Waals surface area contributed by atoms with E-state index in [2.05, 4.69) is 210 Å². The highest BCUT2D eigenvalue weighted by atomic mass is 31.2. The second-order valence-electron chi connectivity index (χ2n) is 36.1. The maximum atomic E-state index is 12.5. The summed E-state index contributed by atoms with van der Waals surface area (Å²) in [5, 5.41) is 76.0. The molecular weight excluding hydrogens is 1940 g/mol. The zero-order valence-corrected chi connectivity index (χ0v) is 83.8. The van der Waals surface area contributed by atoms with Crippen LogP contribution in [0.5, 0.6) is 11.5 Å². The standard InChI is InChI=1S/C29H27N5O.C25H25N4O5P.C24H25N4O3P.C18H16O4.C17H19N4O3P/c35-20-26(18-17-25-11-6-10-24-9-4-5-12-27(24)25)30-28(29-31-33-34-32-29)19-21-13-15-23(16-14-21)22-7-2-1-3-8-22;30-35(31,32)25(14-18-8-11-23-24(13-18)34-16-33-23)27-21(22-15-26-29-28-22)12-17-6-9-20(10-7-17)19-4-2-1-3-5-19;29-32(30,31)24(16-18-7-3-1-4-8-18)26-22(23-17-25-28-27-23)15-19-11-13-21(14-12-19)20-9-5-2-6-10-20;19-9-3-4-13(18(20)21)10-12-7-8-15-14-5-1-2-6-16(14)22-17(15)11-12;22-25(23,24)12-18-16(17-11-19-21-20-17)10-13-6-8-15(9-7-13)14-4-2-1-3-5-14/h1-16,20,26,28,30H,17-19H2,(H,31,32,33,34);1-11,13,21,25,27H,12,14-16H2,(H2,30,31,32);1-14,22,24,26H,15-17H2,(H2,29,30,31);1-2,5-9,11,13H,3-4,10H2,(H,20,21);1-9,16,18H,10-12H2,(H2,22,23,24)/t26-,28-;21-,25?;22-,24?;13-;16-/m00000/s1. The minimum Gasteiger partial charge on any atom is -0.481 e. The van der Waals surface area contributed by atoms with Crippen LogP contribution in [0.2, 0.25) is 0 Å². The molecule has 4 aliphatic rings. The Hall–Kier alpha value is -15.3. The number of aliphatic carboxylic acids is 1. The summed E-state index contributed by atoms with van der Waals surface area (Å²) in [7, 11) is -13.1. The van der Waals surface area contributed by atoms with Crippen LogP contribution in [0.25, 0.3) is 77.2 Å². The van der Waals surface area contributed by atoms with Crippen LogP contribution < -0.4 is 30.7 Å². The van der Waals surface area contributed by atoms with Gasteiger partial charge in [0.15, 0.2) is 17.3 Å². The van der Waals surface area contributed by atoms with Gasteiger partial charge in [0.25, 0.3) is 0 Å². The topological polar surface area (TPSA) is 489 Å². The van der Waals surface area contributed by atoms with Gasteiger partial charge in [0.05, 0.1) is 59.5 Å². The molecular formula is C113H112N17O16P3. The third-order valence-corrected chi connectivity index (χ3v) is 28.5. The number of H-pyrrole nitrogens is 1. The molecule has 0 spiro atoms. The fourth-order valence-corrected chi connectivity index (χ4v) is 19.9. The van der Waals surface area contributed by atoms with Crippen LogP contribution in [0.1, 0.15) is 75.6 Å². The highest BCUT2D eigenvalue weighted by molar-refractivity contribution is 7.53. The van der Waals surface area contributed by atoms with E-state index in [1.54, 1.807) is 18.2 Å². The van der Waals surface area contributed by atoms with Crippen molar-refractivity contribution >= 4 is 91.2 Å². The fraction of sp³-hybridized carbons (Fsp3) is 0.212. The molecule has 8 atom stereocenters. The third kappa shape index (κ3) is 31.2. The summed E-state index contributed by atoms with van der Waals surface area (Å²) in [4.78, 5) is 92.3. The van der Waals surface area contributed by atoms with Gasteiger partial charge in [-0.05, 0) is 204 Å². The fourth-order valence-electron chi connectivity index (χ4n) is 17.8. The van der Waals surface area contributed by atoms with Gasteiger partial charge in [0.2, 0.25) is 6.79 Å². The number of tetrazole rings is 1. The van der Waals surface area contributed by atoms with Crippen molar-refractivity contribution in [2.75, 3.05) is 32.7 Å². The molecule has 2 aromatic heterocycles. The largest absolute Gasteiger partial charge is 0.481 e. The maximum Gasteiger partial charge on any atom is 0.342 e. The number of nitrogens with zero attached hydrogens (tertiary/aromatic N) is 12. The molecule has 0 radical (unpaired) electrons. The van der Waals surface area contributed by atoms with Crippen molar-refractivity contribution in [2.45, 2.75) is 112 Å². The highest BCUT2D eigenvalue weighted by Gasteiger charge is 2.37. The summed E-state index contributed by atoms with van der Waals surface area (Å²) >= 11 is 0. The van der Waals surface area contributed by atoms with E-state index in [4.69, 9.17) is 23.7 Å². The number of benzene rings is 14. The molecule has 14 aromatic carbocycles. The number of aldehydes is 2. The van der Waals surface area contributed by atoms with E-state index in [0.717, 1.165) is 113 Å². The number of para-hydroxylation sites is 1. The predicted molar refractivity (Wildman–Crippen MR) is 576 cm³/mol. The molecule has 2 unspecified atom stereocenters. The van der Waals surface area contributed by atoms with Crippen molar-refractivity contribution in [1.29, 1.82) is 0 Å². The third-order valence-electron chi connectivity index (χ3n) is 25.7. The van der Waals surface area contributed by atoms with E-state index >= 15 is 0 Å². The first-order valence-corrected chi connectivity index (χ1v) is 53.8. The van der Waals surface area contributed by atoms with Gasteiger partial charge in [-0.15, -0.1) is 25.5 Å². The molecule has 0 fully saturated rings.